The van der Waals surface area contributed by atoms with Crippen molar-refractivity contribution in [2.75, 3.05) is 13.3 Å². The van der Waals surface area contributed by atoms with Crippen LogP contribution < -0.4 is 10.3 Å². The van der Waals surface area contributed by atoms with Crippen LogP contribution >= 0.6 is 11.8 Å². The maximum atomic E-state index is 11.9. The van der Waals surface area contributed by atoms with E-state index in [2.05, 4.69) is 14.7 Å². The molecule has 0 amide bonds. The Hall–Kier alpha value is -2.15. The van der Waals surface area contributed by atoms with E-state index in [1.54, 1.807) is 6.26 Å². The summed E-state index contributed by atoms with van der Waals surface area (Å²) in [5.74, 6) is 0. The predicted octanol–water partition coefficient (Wildman–Crippen LogP) is 0.939. The first-order valence-electron chi connectivity index (χ1n) is 6.05. The topological polar surface area (TPSA) is 116 Å². The third-order valence-corrected chi connectivity index (χ3v) is 4.92. The zero-order chi connectivity index (χ0) is 16.3. The fourth-order valence-corrected chi connectivity index (χ4v) is 2.88. The maximum absolute atomic E-state index is 11.9. The first kappa shape index (κ1) is 16.2. The molecular weight excluding hydrogens is 324 g/mol. The molecule has 7 nitrogen and oxygen atoms in total. The van der Waals surface area contributed by atoms with E-state index >= 15 is 0 Å². The lowest BCUT2D eigenvalue weighted by atomic mass is 10.1. The second-order valence-electron chi connectivity index (χ2n) is 4.14. The fraction of sp³-hybridized carbons (Fsp3) is 0.154. The standard InChI is InChI=1S/C13H12N4O3S2/c1-15-22(19,20)9-5-3-8(4-6-9)11-10(7-14)12(18)17-13(16-11)21-2/h3-6,15H,1-2H3,(H,16,17,18). The molecule has 0 saturated heterocycles. The number of hydrogen-bond donors (Lipinski definition) is 2. The van der Waals surface area contributed by atoms with E-state index in [-0.39, 0.29) is 16.2 Å². The number of benzene rings is 1. The maximum Gasteiger partial charge on any atom is 0.270 e. The van der Waals surface area contributed by atoms with Crippen molar-refractivity contribution in [1.82, 2.24) is 14.7 Å². The molecule has 114 valence electrons. The summed E-state index contributed by atoms with van der Waals surface area (Å²) in [6.07, 6.45) is 1.75. The minimum Gasteiger partial charge on any atom is -0.300 e. The van der Waals surface area contributed by atoms with Crippen LogP contribution in [0.2, 0.25) is 0 Å². The van der Waals surface area contributed by atoms with Gasteiger partial charge in [-0.15, -0.1) is 0 Å². The summed E-state index contributed by atoms with van der Waals surface area (Å²) in [5.41, 5.74) is 0.0859. The molecule has 2 rings (SSSR count). The van der Waals surface area contributed by atoms with Gasteiger partial charge in [0.2, 0.25) is 10.0 Å². The summed E-state index contributed by atoms with van der Waals surface area (Å²) >= 11 is 1.24. The van der Waals surface area contributed by atoms with Crippen LogP contribution in [0.5, 0.6) is 0 Å². The summed E-state index contributed by atoms with van der Waals surface area (Å²) in [6.45, 7) is 0. The largest absolute Gasteiger partial charge is 0.300 e. The van der Waals surface area contributed by atoms with Gasteiger partial charge in [0.25, 0.3) is 5.56 Å². The molecule has 2 aromatic rings. The molecule has 0 aliphatic carbocycles. The highest BCUT2D eigenvalue weighted by atomic mass is 32.2. The minimum absolute atomic E-state index is 0.0900. The van der Waals surface area contributed by atoms with E-state index in [0.29, 0.717) is 10.7 Å². The van der Waals surface area contributed by atoms with E-state index < -0.39 is 15.6 Å². The SMILES string of the molecule is CNS(=O)(=O)c1ccc(-c2nc(SC)[nH]c(=O)c2C#N)cc1. The Morgan fingerprint density at radius 1 is 1.32 bits per heavy atom. The van der Waals surface area contributed by atoms with Gasteiger partial charge < -0.3 is 4.98 Å². The minimum atomic E-state index is -3.54. The lowest BCUT2D eigenvalue weighted by Crippen LogP contribution is -2.18. The van der Waals surface area contributed by atoms with Gasteiger partial charge in [0, 0.05) is 5.56 Å². The van der Waals surface area contributed by atoms with Crippen LogP contribution in [0.1, 0.15) is 5.56 Å². The fourth-order valence-electron chi connectivity index (χ4n) is 1.77. The number of rotatable bonds is 4. The Morgan fingerprint density at radius 3 is 2.45 bits per heavy atom. The van der Waals surface area contributed by atoms with Crippen LogP contribution in [-0.2, 0) is 10.0 Å². The highest BCUT2D eigenvalue weighted by Crippen LogP contribution is 2.22. The first-order valence-corrected chi connectivity index (χ1v) is 8.76. The van der Waals surface area contributed by atoms with Crippen LogP contribution in [0.15, 0.2) is 39.1 Å². The van der Waals surface area contributed by atoms with E-state index in [1.165, 1.54) is 43.1 Å². The smallest absolute Gasteiger partial charge is 0.270 e. The zero-order valence-electron chi connectivity index (χ0n) is 11.7. The number of aromatic amines is 1. The van der Waals surface area contributed by atoms with Gasteiger partial charge in [-0.2, -0.15) is 5.26 Å². The molecule has 0 aliphatic rings. The number of nitriles is 1. The molecule has 0 spiro atoms. The Labute approximate surface area is 131 Å². The lowest BCUT2D eigenvalue weighted by Gasteiger charge is -2.07. The molecule has 0 bridgehead atoms. The highest BCUT2D eigenvalue weighted by molar-refractivity contribution is 7.98. The van der Waals surface area contributed by atoms with Crippen molar-refractivity contribution in [2.24, 2.45) is 0 Å². The van der Waals surface area contributed by atoms with Gasteiger partial charge in [0.15, 0.2) is 5.16 Å². The molecule has 1 aromatic carbocycles. The van der Waals surface area contributed by atoms with Crippen LogP contribution in [0.3, 0.4) is 0 Å². The summed E-state index contributed by atoms with van der Waals surface area (Å²) < 4.78 is 25.6. The average Bonchev–Trinajstić information content (AvgIpc) is 2.54. The predicted molar refractivity (Wildman–Crippen MR) is 83.0 cm³/mol. The molecule has 2 N–H and O–H groups in total. The highest BCUT2D eigenvalue weighted by Gasteiger charge is 2.15. The molecule has 0 atom stereocenters. The van der Waals surface area contributed by atoms with Gasteiger partial charge in [-0.25, -0.2) is 18.1 Å². The summed E-state index contributed by atoms with van der Waals surface area (Å²) in [7, 11) is -2.22. The van der Waals surface area contributed by atoms with Crippen molar-refractivity contribution in [1.29, 1.82) is 5.26 Å². The molecule has 1 aromatic heterocycles. The van der Waals surface area contributed by atoms with E-state index in [0.717, 1.165) is 0 Å². The first-order chi connectivity index (χ1) is 10.4. The Kier molecular flexibility index (Phi) is 4.65. The third kappa shape index (κ3) is 3.04. The Bertz CT molecular complexity index is 896. The van der Waals surface area contributed by atoms with Crippen molar-refractivity contribution < 1.29 is 8.42 Å². The van der Waals surface area contributed by atoms with Crippen molar-refractivity contribution in [2.45, 2.75) is 10.1 Å². The molecule has 0 saturated carbocycles. The van der Waals surface area contributed by atoms with Crippen LogP contribution in [0.25, 0.3) is 11.3 Å². The van der Waals surface area contributed by atoms with Gasteiger partial charge >= 0.3 is 0 Å². The second kappa shape index (κ2) is 6.31. The Morgan fingerprint density at radius 2 is 1.95 bits per heavy atom. The number of thioether (sulfide) groups is 1. The third-order valence-electron chi connectivity index (χ3n) is 2.91. The quantitative estimate of drug-likeness (QED) is 0.634. The van der Waals surface area contributed by atoms with Gasteiger partial charge in [-0.05, 0) is 25.4 Å². The molecule has 0 radical (unpaired) electrons. The molecule has 0 aliphatic heterocycles. The molecule has 0 fully saturated rings. The summed E-state index contributed by atoms with van der Waals surface area (Å²) in [6, 6.07) is 7.63. The second-order valence-corrected chi connectivity index (χ2v) is 6.82. The molecule has 1 heterocycles. The number of nitrogens with one attached hydrogen (secondary N) is 2. The molecule has 22 heavy (non-hydrogen) atoms. The normalized spacial score (nSPS) is 11.1. The van der Waals surface area contributed by atoms with Gasteiger partial charge in [-0.3, -0.25) is 4.79 Å². The number of aromatic nitrogens is 2. The number of nitrogens with zero attached hydrogens (tertiary/aromatic N) is 2. The van der Waals surface area contributed by atoms with Gasteiger partial charge in [0.05, 0.1) is 10.6 Å². The molecular formula is C13H12N4O3S2. The summed E-state index contributed by atoms with van der Waals surface area (Å²) in [5, 5.41) is 9.50. The van der Waals surface area contributed by atoms with Gasteiger partial charge in [0.1, 0.15) is 11.6 Å². The molecule has 9 heteroatoms. The van der Waals surface area contributed by atoms with Crippen LogP contribution in [-0.4, -0.2) is 31.7 Å². The average molecular weight is 336 g/mol. The van der Waals surface area contributed by atoms with E-state index in [9.17, 15) is 13.2 Å². The monoisotopic (exact) mass is 336 g/mol. The van der Waals surface area contributed by atoms with Crippen molar-refractivity contribution in [3.8, 4) is 17.3 Å². The Balaban J connectivity index is 2.61. The number of sulfonamides is 1. The van der Waals surface area contributed by atoms with E-state index in [1.807, 2.05) is 6.07 Å². The van der Waals surface area contributed by atoms with E-state index in [4.69, 9.17) is 5.26 Å². The van der Waals surface area contributed by atoms with Crippen LogP contribution in [0.4, 0.5) is 0 Å². The molecule has 0 unspecified atom stereocenters. The zero-order valence-corrected chi connectivity index (χ0v) is 13.4. The van der Waals surface area contributed by atoms with Crippen molar-refractivity contribution >= 4 is 21.8 Å². The van der Waals surface area contributed by atoms with Crippen LogP contribution in [0, 0.1) is 11.3 Å². The number of H-pyrrole nitrogens is 1. The van der Waals surface area contributed by atoms with Gasteiger partial charge in [-0.1, -0.05) is 23.9 Å². The van der Waals surface area contributed by atoms with Crippen molar-refractivity contribution in [3.63, 3.8) is 0 Å². The number of hydrogen-bond acceptors (Lipinski definition) is 6. The van der Waals surface area contributed by atoms with Crippen molar-refractivity contribution in [3.05, 3.63) is 40.2 Å². The summed E-state index contributed by atoms with van der Waals surface area (Å²) in [4.78, 5) is 18.7. The lowest BCUT2D eigenvalue weighted by molar-refractivity contribution is 0.588.